The van der Waals surface area contributed by atoms with Crippen LogP contribution in [0.1, 0.15) is 8.27 Å². The summed E-state index contributed by atoms with van der Waals surface area (Å²) in [6.45, 7) is 0.304. The molecule has 2 nitrogen and oxygen atoms in total. The minimum Gasteiger partial charge on any atom is -0.465 e. The number of thiol groups is 1. The van der Waals surface area contributed by atoms with Crippen molar-refractivity contribution in [1.29, 1.82) is 0 Å². The highest BCUT2D eigenvalue weighted by atomic mass is 32.1. The first-order chi connectivity index (χ1) is 3.81. The third kappa shape index (κ3) is 3.66. The minimum absolute atomic E-state index is 0.0972. The molecule has 0 saturated heterocycles. The zero-order valence-electron chi connectivity index (χ0n) is 4.89. The van der Waals surface area contributed by atoms with Crippen LogP contribution in [0.3, 0.4) is 0 Å². The van der Waals surface area contributed by atoms with E-state index in [1.807, 2.05) is 0 Å². The quantitative estimate of drug-likeness (QED) is 0.425. The van der Waals surface area contributed by atoms with Gasteiger partial charge in [0.1, 0.15) is 0 Å². The molecule has 0 aromatic heterocycles. The van der Waals surface area contributed by atoms with Crippen LogP contribution in [0.2, 0.25) is 0 Å². The molecule has 0 saturated carbocycles. The number of carbonyl (C=O) groups excluding carboxylic acids is 1. The third-order valence-corrected chi connectivity index (χ3v) is 0.650. The molecule has 0 bridgehead atoms. The maximum Gasteiger partial charge on any atom is 0.315 e. The molecular weight excluding hydrogens is 112 g/mol. The van der Waals surface area contributed by atoms with Crippen LogP contribution in [0, 0.1) is 0 Å². The van der Waals surface area contributed by atoms with Crippen LogP contribution in [0.15, 0.2) is 0 Å². The molecule has 42 valence electrons. The van der Waals surface area contributed by atoms with Gasteiger partial charge in [0.05, 0.1) is 12.4 Å². The Kier molecular flexibility index (Phi) is 2.83. The van der Waals surface area contributed by atoms with Crippen molar-refractivity contribution in [2.24, 2.45) is 0 Å². The largest absolute Gasteiger partial charge is 0.465 e. The molecule has 0 amide bonds. The maximum absolute atomic E-state index is 10.2. The zero-order chi connectivity index (χ0) is 6.41. The van der Waals surface area contributed by atoms with Gasteiger partial charge in [-0.3, -0.25) is 4.79 Å². The smallest absolute Gasteiger partial charge is 0.315 e. The fraction of sp³-hybridized carbons (Fsp3) is 0.750. The summed E-state index contributed by atoms with van der Waals surface area (Å²) >= 11 is 3.65. The Balaban J connectivity index is 2.99. The summed E-state index contributed by atoms with van der Waals surface area (Å²) in [5, 5.41) is 0. The second-order valence-corrected chi connectivity index (χ2v) is 1.19. The number of carbonyl (C=O) groups is 1. The van der Waals surface area contributed by atoms with E-state index in [0.717, 1.165) is 0 Å². The van der Waals surface area contributed by atoms with E-state index in [0.29, 0.717) is 0 Å². The van der Waals surface area contributed by atoms with Crippen molar-refractivity contribution in [3.05, 3.63) is 0 Å². The Labute approximate surface area is 49.7 Å². The highest BCUT2D eigenvalue weighted by Gasteiger charge is 1.91. The maximum atomic E-state index is 10.2. The van der Waals surface area contributed by atoms with Gasteiger partial charge in [0.2, 0.25) is 0 Å². The van der Waals surface area contributed by atoms with Crippen molar-refractivity contribution >= 4 is 18.6 Å². The Morgan fingerprint density at radius 3 is 3.29 bits per heavy atom. The predicted molar refractivity (Wildman–Crippen MR) is 30.5 cm³/mol. The summed E-state index contributed by atoms with van der Waals surface area (Å²) < 4.78 is 11.0. The van der Waals surface area contributed by atoms with Gasteiger partial charge >= 0.3 is 5.97 Å². The van der Waals surface area contributed by atoms with Crippen LogP contribution in [0.5, 0.6) is 0 Å². The first kappa shape index (κ1) is 4.97. The van der Waals surface area contributed by atoms with Gasteiger partial charge in [-0.05, 0) is 6.90 Å². The summed E-state index contributed by atoms with van der Waals surface area (Å²) in [4.78, 5) is 10.2. The SMILES string of the molecule is [2H]CCOC(=O)CS. The van der Waals surface area contributed by atoms with E-state index in [2.05, 4.69) is 17.4 Å². The minimum atomic E-state index is -0.361. The van der Waals surface area contributed by atoms with E-state index < -0.39 is 0 Å². The lowest BCUT2D eigenvalue weighted by molar-refractivity contribution is -0.139. The molecule has 0 aliphatic rings. The Bertz CT molecular complexity index is 76.4. The van der Waals surface area contributed by atoms with Gasteiger partial charge in [-0.15, -0.1) is 0 Å². The normalized spacial score (nSPS) is 10.1. The van der Waals surface area contributed by atoms with Crippen molar-refractivity contribution in [2.75, 3.05) is 12.4 Å². The highest BCUT2D eigenvalue weighted by molar-refractivity contribution is 7.81. The van der Waals surface area contributed by atoms with E-state index >= 15 is 0 Å². The molecule has 0 aliphatic carbocycles. The number of hydrogen-bond donors (Lipinski definition) is 1. The third-order valence-electron chi connectivity index (χ3n) is 0.392. The van der Waals surface area contributed by atoms with E-state index in [-0.39, 0.29) is 25.2 Å². The standard InChI is InChI=1S/C4H8O2S/c1-2-6-4(5)3-7/h7H,2-3H2,1H3/i1D. The first-order valence-corrected chi connectivity index (χ1v) is 2.50. The molecule has 0 N–H and O–H groups in total. The fourth-order valence-corrected chi connectivity index (χ4v) is 0.251. The predicted octanol–water partition coefficient (Wildman–Crippen LogP) is 0.479. The Morgan fingerprint density at radius 1 is 2.14 bits per heavy atom. The summed E-state index contributed by atoms with van der Waals surface area (Å²) in [7, 11) is 0. The molecular formula is C4H8O2S. The van der Waals surface area contributed by atoms with Crippen LogP contribution >= 0.6 is 12.6 Å². The van der Waals surface area contributed by atoms with Crippen molar-refractivity contribution in [1.82, 2.24) is 0 Å². The van der Waals surface area contributed by atoms with Gasteiger partial charge in [0.25, 0.3) is 0 Å². The molecule has 7 heavy (non-hydrogen) atoms. The van der Waals surface area contributed by atoms with Crippen molar-refractivity contribution < 1.29 is 10.9 Å². The summed E-state index contributed by atoms with van der Waals surface area (Å²) in [6.07, 6.45) is 0. The topological polar surface area (TPSA) is 26.3 Å². The molecule has 0 unspecified atom stereocenters. The van der Waals surface area contributed by atoms with Crippen molar-refractivity contribution in [2.45, 2.75) is 6.90 Å². The molecule has 0 fully saturated rings. The molecule has 3 heteroatoms. The van der Waals surface area contributed by atoms with Gasteiger partial charge < -0.3 is 4.74 Å². The monoisotopic (exact) mass is 121 g/mol. The highest BCUT2D eigenvalue weighted by Crippen LogP contribution is 1.78. The molecule has 0 rings (SSSR count). The number of esters is 1. The average molecular weight is 121 g/mol. The molecule has 0 spiro atoms. The summed E-state index contributed by atoms with van der Waals surface area (Å²) in [5.41, 5.74) is 0. The summed E-state index contributed by atoms with van der Waals surface area (Å²) in [5.74, 6) is -0.263. The van der Waals surface area contributed by atoms with Gasteiger partial charge in [0.15, 0.2) is 0 Å². The molecule has 0 aliphatic heterocycles. The van der Waals surface area contributed by atoms with Crippen LogP contribution in [0.25, 0.3) is 0 Å². The van der Waals surface area contributed by atoms with Crippen molar-refractivity contribution in [3.8, 4) is 0 Å². The Morgan fingerprint density at radius 2 is 2.86 bits per heavy atom. The molecule has 0 aromatic rings. The fourth-order valence-electron chi connectivity index (χ4n) is 0.159. The second-order valence-electron chi connectivity index (χ2n) is 0.879. The van der Waals surface area contributed by atoms with Crippen LogP contribution in [-0.2, 0) is 9.53 Å². The second kappa shape index (κ2) is 3.99. The van der Waals surface area contributed by atoms with Crippen LogP contribution in [-0.4, -0.2) is 18.3 Å². The lowest BCUT2D eigenvalue weighted by Crippen LogP contribution is -2.03. The van der Waals surface area contributed by atoms with E-state index in [9.17, 15) is 4.79 Å². The lowest BCUT2D eigenvalue weighted by Gasteiger charge is -1.93. The van der Waals surface area contributed by atoms with Crippen molar-refractivity contribution in [3.63, 3.8) is 0 Å². The van der Waals surface area contributed by atoms with E-state index in [1.165, 1.54) is 0 Å². The van der Waals surface area contributed by atoms with Gasteiger partial charge in [-0.2, -0.15) is 12.6 Å². The van der Waals surface area contributed by atoms with Gasteiger partial charge in [-0.1, -0.05) is 0 Å². The lowest BCUT2D eigenvalue weighted by atomic mass is 10.8. The van der Waals surface area contributed by atoms with E-state index in [4.69, 9.17) is 1.37 Å². The van der Waals surface area contributed by atoms with Gasteiger partial charge in [-0.25, -0.2) is 0 Å². The van der Waals surface area contributed by atoms with Crippen LogP contribution < -0.4 is 0 Å². The molecule has 0 aromatic carbocycles. The number of rotatable bonds is 2. The Hall–Kier alpha value is -0.180. The average Bonchev–Trinajstić information content (AvgIpc) is 1.83. The molecule has 0 atom stereocenters. The molecule has 0 heterocycles. The van der Waals surface area contributed by atoms with Gasteiger partial charge in [0, 0.05) is 1.37 Å². The zero-order valence-corrected chi connectivity index (χ0v) is 4.78. The number of ether oxygens (including phenoxy) is 1. The van der Waals surface area contributed by atoms with Crippen LogP contribution in [0.4, 0.5) is 0 Å². The first-order valence-electron chi connectivity index (χ1n) is 2.57. The van der Waals surface area contributed by atoms with E-state index in [1.54, 1.807) is 0 Å². The molecule has 0 radical (unpaired) electrons. The number of hydrogen-bond acceptors (Lipinski definition) is 3. The summed E-state index contributed by atoms with van der Waals surface area (Å²) in [6, 6.07) is 0.